The number of hydrogen-bond acceptors (Lipinski definition) is 6. The number of piperidine rings is 1. The van der Waals surface area contributed by atoms with Crippen molar-refractivity contribution >= 4 is 29.1 Å². The van der Waals surface area contributed by atoms with E-state index in [1.165, 1.54) is 0 Å². The normalized spacial score (nSPS) is 29.2. The van der Waals surface area contributed by atoms with E-state index in [4.69, 9.17) is 4.74 Å². The molecule has 6 rings (SSSR count). The number of rotatable bonds is 7. The van der Waals surface area contributed by atoms with E-state index in [9.17, 15) is 24.6 Å². The van der Waals surface area contributed by atoms with Gasteiger partial charge in [0.2, 0.25) is 11.8 Å². The summed E-state index contributed by atoms with van der Waals surface area (Å²) in [6, 6.07) is 15.3. The zero-order chi connectivity index (χ0) is 30.5. The molecule has 4 heterocycles. The molecule has 2 N–H and O–H groups in total. The highest BCUT2D eigenvalue weighted by molar-refractivity contribution is 6.07. The van der Waals surface area contributed by atoms with E-state index in [0.717, 1.165) is 54.7 Å². The summed E-state index contributed by atoms with van der Waals surface area (Å²) in [5, 5.41) is 21.2. The van der Waals surface area contributed by atoms with Crippen molar-refractivity contribution in [3.05, 3.63) is 59.7 Å². The molecule has 3 amide bonds. The molecule has 9 nitrogen and oxygen atoms in total. The fraction of sp³-hybridized carbons (Fsp3) is 0.559. The molecule has 3 saturated heterocycles. The summed E-state index contributed by atoms with van der Waals surface area (Å²) in [5.74, 6) is -1.07. The van der Waals surface area contributed by atoms with Crippen molar-refractivity contribution in [2.75, 3.05) is 29.5 Å². The quantitative estimate of drug-likeness (QED) is 0.509. The molecule has 0 bridgehead atoms. The molecule has 9 heteroatoms. The predicted octanol–water partition coefficient (Wildman–Crippen LogP) is 3.74. The second-order valence-electron chi connectivity index (χ2n) is 13.2. The lowest BCUT2D eigenvalue weighted by Gasteiger charge is -2.34. The highest BCUT2D eigenvalue weighted by Gasteiger charge is 2.66. The highest BCUT2D eigenvalue weighted by atomic mass is 16.5. The van der Waals surface area contributed by atoms with E-state index < -0.39 is 29.1 Å². The van der Waals surface area contributed by atoms with Gasteiger partial charge in [-0.1, -0.05) is 37.3 Å². The fourth-order valence-corrected chi connectivity index (χ4v) is 8.07. The summed E-state index contributed by atoms with van der Waals surface area (Å²) in [6.45, 7) is 6.94. The summed E-state index contributed by atoms with van der Waals surface area (Å²) in [5.41, 5.74) is 0.757. The van der Waals surface area contributed by atoms with Crippen LogP contribution < -0.4 is 9.80 Å². The van der Waals surface area contributed by atoms with Crippen LogP contribution in [0, 0.1) is 11.8 Å². The minimum atomic E-state index is -1.34. The molecule has 4 aliphatic heterocycles. The molecule has 1 spiro atoms. The smallest absolute Gasteiger partial charge is 0.264 e. The van der Waals surface area contributed by atoms with E-state index in [-0.39, 0.29) is 36.8 Å². The minimum absolute atomic E-state index is 0.0311. The number of aliphatic hydroxyl groups excluding tert-OH is 1. The summed E-state index contributed by atoms with van der Waals surface area (Å²) in [7, 11) is 0. The molecule has 5 atom stereocenters. The second kappa shape index (κ2) is 11.3. The summed E-state index contributed by atoms with van der Waals surface area (Å²) in [4.78, 5) is 45.8. The number of para-hydroxylation sites is 1. The topological polar surface area (TPSA) is 111 Å². The van der Waals surface area contributed by atoms with E-state index in [1.54, 1.807) is 23.6 Å². The van der Waals surface area contributed by atoms with Gasteiger partial charge < -0.3 is 29.6 Å². The van der Waals surface area contributed by atoms with Crippen LogP contribution in [0.5, 0.6) is 0 Å². The van der Waals surface area contributed by atoms with Gasteiger partial charge in [0, 0.05) is 42.6 Å². The lowest BCUT2D eigenvalue weighted by atomic mass is 9.71. The SMILES string of the molecule is C[C@H]1[C@H](C(C)(C)O)[C@@H](CC(=O)N2CCC[C@H]2CO)O[C@]12C(=O)N(Cc1ccc(N3CCCCC3=O)cc1)c1ccccc12. The fourth-order valence-electron chi connectivity index (χ4n) is 8.07. The molecule has 0 aromatic heterocycles. The zero-order valence-electron chi connectivity index (χ0n) is 25.4. The van der Waals surface area contributed by atoms with Crippen LogP contribution >= 0.6 is 0 Å². The number of benzene rings is 2. The Bertz CT molecular complexity index is 1390. The van der Waals surface area contributed by atoms with Crippen molar-refractivity contribution < 1.29 is 29.3 Å². The molecule has 0 unspecified atom stereocenters. The molecule has 3 fully saturated rings. The Morgan fingerprint density at radius 2 is 1.79 bits per heavy atom. The highest BCUT2D eigenvalue weighted by Crippen LogP contribution is 2.58. The number of anilines is 2. The number of aliphatic hydroxyl groups is 2. The summed E-state index contributed by atoms with van der Waals surface area (Å²) in [6.07, 6.45) is 3.44. The second-order valence-corrected chi connectivity index (χ2v) is 13.2. The number of hydrogen-bond donors (Lipinski definition) is 2. The average Bonchev–Trinajstić information content (AvgIpc) is 3.64. The van der Waals surface area contributed by atoms with Gasteiger partial charge in [0.25, 0.3) is 5.91 Å². The van der Waals surface area contributed by atoms with Crippen molar-refractivity contribution in [2.24, 2.45) is 11.8 Å². The molecule has 0 radical (unpaired) electrons. The molecule has 43 heavy (non-hydrogen) atoms. The zero-order valence-corrected chi connectivity index (χ0v) is 25.4. The third kappa shape index (κ3) is 5.05. The third-order valence-electron chi connectivity index (χ3n) is 10.1. The van der Waals surface area contributed by atoms with E-state index in [1.807, 2.05) is 60.4 Å². The van der Waals surface area contributed by atoms with Crippen molar-refractivity contribution in [3.8, 4) is 0 Å². The number of fused-ring (bicyclic) bond motifs is 2. The largest absolute Gasteiger partial charge is 0.394 e. The first-order chi connectivity index (χ1) is 20.6. The minimum Gasteiger partial charge on any atom is -0.394 e. The van der Waals surface area contributed by atoms with Crippen LogP contribution in [0.2, 0.25) is 0 Å². The number of ether oxygens (including phenoxy) is 1. The van der Waals surface area contributed by atoms with Crippen LogP contribution in [-0.2, 0) is 31.3 Å². The van der Waals surface area contributed by atoms with E-state index in [0.29, 0.717) is 19.5 Å². The Morgan fingerprint density at radius 1 is 1.05 bits per heavy atom. The molecule has 2 aromatic rings. The lowest BCUT2D eigenvalue weighted by molar-refractivity contribution is -0.150. The molecule has 4 aliphatic rings. The molecule has 230 valence electrons. The lowest BCUT2D eigenvalue weighted by Crippen LogP contribution is -2.46. The maximum absolute atomic E-state index is 14.6. The van der Waals surface area contributed by atoms with Gasteiger partial charge in [-0.25, -0.2) is 0 Å². The van der Waals surface area contributed by atoms with Crippen molar-refractivity contribution in [1.82, 2.24) is 4.90 Å². The van der Waals surface area contributed by atoms with Gasteiger partial charge >= 0.3 is 0 Å². The van der Waals surface area contributed by atoms with Crippen molar-refractivity contribution in [3.63, 3.8) is 0 Å². The number of likely N-dealkylation sites (tertiary alicyclic amines) is 1. The van der Waals surface area contributed by atoms with Gasteiger partial charge in [0.15, 0.2) is 5.60 Å². The average molecular weight is 590 g/mol. The molecule has 0 saturated carbocycles. The van der Waals surface area contributed by atoms with E-state index >= 15 is 0 Å². The van der Waals surface area contributed by atoms with Crippen LogP contribution in [0.15, 0.2) is 48.5 Å². The van der Waals surface area contributed by atoms with Gasteiger partial charge in [-0.05, 0) is 63.3 Å². The van der Waals surface area contributed by atoms with Crippen LogP contribution in [0.1, 0.15) is 70.4 Å². The van der Waals surface area contributed by atoms with Crippen molar-refractivity contribution in [2.45, 2.75) is 89.2 Å². The van der Waals surface area contributed by atoms with Gasteiger partial charge in [-0.3, -0.25) is 14.4 Å². The Balaban J connectivity index is 1.29. The van der Waals surface area contributed by atoms with Gasteiger partial charge in [-0.2, -0.15) is 0 Å². The molecule has 0 aliphatic carbocycles. The number of carbonyl (C=O) groups is 3. The van der Waals surface area contributed by atoms with Gasteiger partial charge in [0.05, 0.1) is 43.0 Å². The molecule has 2 aromatic carbocycles. The van der Waals surface area contributed by atoms with Crippen LogP contribution in [-0.4, -0.2) is 70.3 Å². The van der Waals surface area contributed by atoms with Crippen LogP contribution in [0.4, 0.5) is 11.4 Å². The molecular weight excluding hydrogens is 546 g/mol. The number of amides is 3. The first-order valence-electron chi connectivity index (χ1n) is 15.7. The maximum atomic E-state index is 14.6. The first-order valence-corrected chi connectivity index (χ1v) is 15.7. The van der Waals surface area contributed by atoms with E-state index in [2.05, 4.69) is 0 Å². The third-order valence-corrected chi connectivity index (χ3v) is 10.1. The summed E-state index contributed by atoms with van der Waals surface area (Å²) >= 11 is 0. The Hall–Kier alpha value is -3.27. The monoisotopic (exact) mass is 589 g/mol. The van der Waals surface area contributed by atoms with Crippen LogP contribution in [0.25, 0.3) is 0 Å². The number of nitrogens with zero attached hydrogens (tertiary/aromatic N) is 3. The predicted molar refractivity (Wildman–Crippen MR) is 162 cm³/mol. The van der Waals surface area contributed by atoms with Gasteiger partial charge in [-0.15, -0.1) is 0 Å². The van der Waals surface area contributed by atoms with Crippen LogP contribution in [0.3, 0.4) is 0 Å². The Labute approximate surface area is 253 Å². The maximum Gasteiger partial charge on any atom is 0.264 e. The van der Waals surface area contributed by atoms with Gasteiger partial charge in [0.1, 0.15) is 0 Å². The standard InChI is InChI=1S/C34H43N3O6/c1-22-31(33(2,3)42)28(19-30(40)36-18-8-9-25(36)21-38)43-34(22)26-10-4-5-11-27(26)37(32(34)41)20-23-13-15-24(16-14-23)35-17-7-6-12-29(35)39/h4-5,10-11,13-16,22,25,28,31,38,42H,6-9,12,17-21H2,1-3H3/t22-,25-,28+,31-,34+/m0/s1. The number of carbonyl (C=O) groups excluding carboxylic acids is 3. The van der Waals surface area contributed by atoms with Crippen molar-refractivity contribution in [1.29, 1.82) is 0 Å². The Morgan fingerprint density at radius 3 is 2.49 bits per heavy atom. The molecular formula is C34H43N3O6. The summed E-state index contributed by atoms with van der Waals surface area (Å²) < 4.78 is 6.77. The first kappa shape index (κ1) is 29.8. The Kier molecular flexibility index (Phi) is 7.85.